The molecule has 0 saturated heterocycles. The Hall–Kier alpha value is -0.980. The summed E-state index contributed by atoms with van der Waals surface area (Å²) in [4.78, 5) is 11.2. The number of aliphatic hydroxyl groups excluding tert-OH is 1. The highest BCUT2D eigenvalue weighted by molar-refractivity contribution is 5.74. The van der Waals surface area contributed by atoms with Gasteiger partial charge < -0.3 is 15.7 Å². The van der Waals surface area contributed by atoms with E-state index in [-0.39, 0.29) is 12.5 Å². The maximum Gasteiger partial charge on any atom is 0.390 e. The number of halogens is 3. The Morgan fingerprint density at radius 1 is 1.35 bits per heavy atom. The molecule has 7 heteroatoms. The number of carbonyl (C=O) groups is 1. The molecule has 0 spiro atoms. The van der Waals surface area contributed by atoms with Gasteiger partial charge in [-0.3, -0.25) is 0 Å². The SMILES string of the molecule is CC(C)CC(CO)NC(=O)NCCC(F)(F)F. The third kappa shape index (κ3) is 9.92. The van der Waals surface area contributed by atoms with Gasteiger partial charge in [0.25, 0.3) is 0 Å². The van der Waals surface area contributed by atoms with E-state index in [0.29, 0.717) is 6.42 Å². The number of nitrogens with one attached hydrogen (secondary N) is 2. The van der Waals surface area contributed by atoms with E-state index in [2.05, 4.69) is 10.6 Å². The van der Waals surface area contributed by atoms with E-state index in [1.165, 1.54) is 0 Å². The van der Waals surface area contributed by atoms with Gasteiger partial charge in [0.1, 0.15) is 0 Å². The predicted octanol–water partition coefficient (Wildman–Crippen LogP) is 1.65. The van der Waals surface area contributed by atoms with Crippen molar-refractivity contribution in [2.24, 2.45) is 5.92 Å². The molecule has 0 aromatic heterocycles. The molecule has 0 bridgehead atoms. The van der Waals surface area contributed by atoms with Crippen LogP contribution >= 0.6 is 0 Å². The van der Waals surface area contributed by atoms with Gasteiger partial charge in [-0.1, -0.05) is 13.8 Å². The zero-order chi connectivity index (χ0) is 13.5. The maximum atomic E-state index is 11.8. The Morgan fingerprint density at radius 3 is 2.35 bits per heavy atom. The lowest BCUT2D eigenvalue weighted by atomic mass is 10.0. The first kappa shape index (κ1) is 16.0. The molecule has 1 unspecified atom stereocenters. The lowest BCUT2D eigenvalue weighted by Crippen LogP contribution is -2.45. The number of alkyl halides is 3. The minimum atomic E-state index is -4.28. The van der Waals surface area contributed by atoms with Crippen molar-refractivity contribution in [2.45, 2.75) is 38.9 Å². The number of amides is 2. The first-order valence-electron chi connectivity index (χ1n) is 5.46. The molecule has 0 aliphatic heterocycles. The second-order valence-electron chi connectivity index (χ2n) is 4.27. The van der Waals surface area contributed by atoms with Crippen LogP contribution in [0.25, 0.3) is 0 Å². The van der Waals surface area contributed by atoms with Crippen molar-refractivity contribution in [1.82, 2.24) is 10.6 Å². The normalized spacial score (nSPS) is 13.6. The quantitative estimate of drug-likeness (QED) is 0.676. The summed E-state index contributed by atoms with van der Waals surface area (Å²) in [6, 6.07) is -1.12. The molecule has 1 atom stereocenters. The summed E-state index contributed by atoms with van der Waals surface area (Å²) in [7, 11) is 0. The van der Waals surface area contributed by atoms with Crippen molar-refractivity contribution in [3.05, 3.63) is 0 Å². The summed E-state index contributed by atoms with van der Waals surface area (Å²) < 4.78 is 35.4. The average molecular weight is 256 g/mol. The third-order valence-electron chi connectivity index (χ3n) is 2.01. The summed E-state index contributed by atoms with van der Waals surface area (Å²) in [6.45, 7) is 3.15. The van der Waals surface area contributed by atoms with E-state index in [1.807, 2.05) is 13.8 Å². The fourth-order valence-corrected chi connectivity index (χ4v) is 1.30. The van der Waals surface area contributed by atoms with Gasteiger partial charge in [-0.15, -0.1) is 0 Å². The van der Waals surface area contributed by atoms with E-state index in [1.54, 1.807) is 0 Å². The molecule has 0 heterocycles. The molecular formula is C10H19F3N2O2. The highest BCUT2D eigenvalue weighted by Crippen LogP contribution is 2.18. The number of hydrogen-bond acceptors (Lipinski definition) is 2. The van der Waals surface area contributed by atoms with Crippen LogP contribution in [0.2, 0.25) is 0 Å². The minimum absolute atomic E-state index is 0.231. The summed E-state index contributed by atoms with van der Waals surface area (Å²) in [5.41, 5.74) is 0. The molecule has 0 aromatic rings. The molecule has 4 nitrogen and oxygen atoms in total. The molecule has 0 fully saturated rings. The van der Waals surface area contributed by atoms with Gasteiger partial charge in [0.2, 0.25) is 0 Å². The van der Waals surface area contributed by atoms with Crippen molar-refractivity contribution in [1.29, 1.82) is 0 Å². The van der Waals surface area contributed by atoms with E-state index >= 15 is 0 Å². The lowest BCUT2D eigenvalue weighted by molar-refractivity contribution is -0.132. The van der Waals surface area contributed by atoms with Crippen LogP contribution in [0.1, 0.15) is 26.7 Å². The fraction of sp³-hybridized carbons (Fsp3) is 0.900. The van der Waals surface area contributed by atoms with Crippen LogP contribution in [0.15, 0.2) is 0 Å². The highest BCUT2D eigenvalue weighted by Gasteiger charge is 2.26. The Balaban J connectivity index is 3.83. The van der Waals surface area contributed by atoms with E-state index in [4.69, 9.17) is 5.11 Å². The van der Waals surface area contributed by atoms with Crippen LogP contribution in [0.4, 0.5) is 18.0 Å². The minimum Gasteiger partial charge on any atom is -0.394 e. The molecule has 0 aromatic carbocycles. The molecule has 17 heavy (non-hydrogen) atoms. The van der Waals surface area contributed by atoms with Gasteiger partial charge >= 0.3 is 12.2 Å². The molecular weight excluding hydrogens is 237 g/mol. The lowest BCUT2D eigenvalue weighted by Gasteiger charge is -2.18. The first-order valence-corrected chi connectivity index (χ1v) is 5.46. The molecule has 0 saturated carbocycles. The van der Waals surface area contributed by atoms with E-state index < -0.39 is 31.2 Å². The van der Waals surface area contributed by atoms with Crippen LogP contribution < -0.4 is 10.6 Å². The number of carbonyl (C=O) groups excluding carboxylic acids is 1. The zero-order valence-electron chi connectivity index (χ0n) is 9.97. The summed E-state index contributed by atoms with van der Waals surface area (Å²) in [5, 5.41) is 13.5. The monoisotopic (exact) mass is 256 g/mol. The molecule has 102 valence electrons. The van der Waals surface area contributed by atoms with Crippen LogP contribution in [0.5, 0.6) is 0 Å². The van der Waals surface area contributed by atoms with Crippen LogP contribution in [0, 0.1) is 5.92 Å². The van der Waals surface area contributed by atoms with Crippen molar-refractivity contribution in [3.63, 3.8) is 0 Å². The number of hydrogen-bond donors (Lipinski definition) is 3. The molecule has 0 aliphatic rings. The van der Waals surface area contributed by atoms with Gasteiger partial charge in [0.15, 0.2) is 0 Å². The standard InChI is InChI=1S/C10H19F3N2O2/c1-7(2)5-8(6-16)15-9(17)14-4-3-10(11,12)13/h7-8,16H,3-6H2,1-2H3,(H2,14,15,17). The molecule has 2 amide bonds. The van der Waals surface area contributed by atoms with E-state index in [9.17, 15) is 18.0 Å². The van der Waals surface area contributed by atoms with Gasteiger partial charge in [0.05, 0.1) is 19.1 Å². The Bertz CT molecular complexity index is 232. The fourth-order valence-electron chi connectivity index (χ4n) is 1.30. The predicted molar refractivity (Wildman–Crippen MR) is 57.5 cm³/mol. The summed E-state index contributed by atoms with van der Waals surface area (Å²) in [5.74, 6) is 0.280. The zero-order valence-corrected chi connectivity index (χ0v) is 9.97. The molecule has 3 N–H and O–H groups in total. The Morgan fingerprint density at radius 2 is 1.94 bits per heavy atom. The van der Waals surface area contributed by atoms with Gasteiger partial charge in [-0.2, -0.15) is 13.2 Å². The van der Waals surface area contributed by atoms with Crippen molar-refractivity contribution in [3.8, 4) is 0 Å². The highest BCUT2D eigenvalue weighted by atomic mass is 19.4. The van der Waals surface area contributed by atoms with Crippen LogP contribution in [0.3, 0.4) is 0 Å². The van der Waals surface area contributed by atoms with Crippen molar-refractivity contribution >= 4 is 6.03 Å². The van der Waals surface area contributed by atoms with Crippen LogP contribution in [-0.2, 0) is 0 Å². The van der Waals surface area contributed by atoms with Crippen molar-refractivity contribution < 1.29 is 23.1 Å². The first-order chi connectivity index (χ1) is 7.74. The second kappa shape index (κ2) is 7.37. The Kier molecular flexibility index (Phi) is 6.94. The third-order valence-corrected chi connectivity index (χ3v) is 2.01. The summed E-state index contributed by atoms with van der Waals surface area (Å²) >= 11 is 0. The van der Waals surface area contributed by atoms with Crippen LogP contribution in [-0.4, -0.2) is 36.5 Å². The molecule has 0 rings (SSSR count). The summed E-state index contributed by atoms with van der Waals surface area (Å²) in [6.07, 6.45) is -4.76. The number of urea groups is 1. The van der Waals surface area contributed by atoms with Crippen molar-refractivity contribution in [2.75, 3.05) is 13.2 Å². The number of rotatable bonds is 6. The van der Waals surface area contributed by atoms with Gasteiger partial charge in [0, 0.05) is 6.54 Å². The van der Waals surface area contributed by atoms with Gasteiger partial charge in [-0.05, 0) is 12.3 Å². The second-order valence-corrected chi connectivity index (χ2v) is 4.27. The maximum absolute atomic E-state index is 11.8. The number of aliphatic hydroxyl groups is 1. The van der Waals surface area contributed by atoms with E-state index in [0.717, 1.165) is 0 Å². The Labute approximate surface area is 98.6 Å². The molecule has 0 radical (unpaired) electrons. The largest absolute Gasteiger partial charge is 0.394 e. The molecule has 0 aliphatic carbocycles. The average Bonchev–Trinajstić information content (AvgIpc) is 2.13. The van der Waals surface area contributed by atoms with Gasteiger partial charge in [-0.25, -0.2) is 4.79 Å². The topological polar surface area (TPSA) is 61.4 Å². The smallest absolute Gasteiger partial charge is 0.390 e.